The van der Waals surface area contributed by atoms with Crippen LogP contribution in [0.4, 0.5) is 0 Å². The van der Waals surface area contributed by atoms with Gasteiger partial charge >= 0.3 is 5.97 Å². The maximum Gasteiger partial charge on any atom is 0.338 e. The zero-order valence-electron chi connectivity index (χ0n) is 16.6. The number of carbonyl (C=O) groups excluding carboxylic acids is 1. The van der Waals surface area contributed by atoms with Crippen molar-refractivity contribution < 1.29 is 13.7 Å². The van der Waals surface area contributed by atoms with E-state index in [0.29, 0.717) is 5.56 Å². The van der Waals surface area contributed by atoms with E-state index in [9.17, 15) is 9.00 Å². The molecule has 0 aliphatic carbocycles. The van der Waals surface area contributed by atoms with E-state index in [4.69, 9.17) is 4.74 Å². The number of benzene rings is 2. The van der Waals surface area contributed by atoms with Crippen molar-refractivity contribution in [3.8, 4) is 0 Å². The smallest absolute Gasteiger partial charge is 0.338 e. The van der Waals surface area contributed by atoms with Crippen LogP contribution in [0.15, 0.2) is 71.7 Å². The van der Waals surface area contributed by atoms with Gasteiger partial charge in [-0.2, -0.15) is 0 Å². The third-order valence-electron chi connectivity index (χ3n) is 4.33. The predicted molar refractivity (Wildman–Crippen MR) is 118 cm³/mol. The van der Waals surface area contributed by atoms with Gasteiger partial charge in [-0.15, -0.1) is 0 Å². The zero-order valence-corrected chi connectivity index (χ0v) is 19.0. The summed E-state index contributed by atoms with van der Waals surface area (Å²) in [5.41, 5.74) is 0.342. The average Bonchev–Trinajstić information content (AvgIpc) is 2.66. The summed E-state index contributed by atoms with van der Waals surface area (Å²) < 4.78 is 22.3. The molecule has 1 N–H and O–H groups in total. The van der Waals surface area contributed by atoms with Crippen LogP contribution in [0.1, 0.15) is 43.6 Å². The monoisotopic (exact) mass is 463 g/mol. The van der Waals surface area contributed by atoms with Crippen LogP contribution in [0.3, 0.4) is 0 Å². The van der Waals surface area contributed by atoms with E-state index in [2.05, 4.69) is 27.2 Å². The number of hydrogen-bond acceptors (Lipinski definition) is 3. The predicted octanol–water partition coefficient (Wildman–Crippen LogP) is 5.13. The largest absolute Gasteiger partial charge is 0.452 e. The first-order valence-electron chi connectivity index (χ1n) is 8.92. The standard InChI is InChI=1S/C22H26BrNO3S/c1-6-19(27-20(25)16-10-8-7-9-11-16)22(5,24-28(26)21(2,3)4)17-12-14-18(23)15-13-17/h6-15,19,24H,1H2,2-5H3/t19-,22+,28+/m0/s1. The molecule has 0 aromatic heterocycles. The highest BCUT2D eigenvalue weighted by Gasteiger charge is 2.40. The summed E-state index contributed by atoms with van der Waals surface area (Å²) in [5.74, 6) is -0.461. The van der Waals surface area contributed by atoms with E-state index in [1.165, 1.54) is 0 Å². The lowest BCUT2D eigenvalue weighted by atomic mass is 9.87. The molecule has 3 atom stereocenters. The molecule has 150 valence electrons. The van der Waals surface area contributed by atoms with Crippen molar-refractivity contribution in [1.82, 2.24) is 4.72 Å². The molecule has 4 nitrogen and oxygen atoms in total. The fourth-order valence-corrected chi connectivity index (χ4v) is 3.77. The summed E-state index contributed by atoms with van der Waals surface area (Å²) >= 11 is 3.43. The summed E-state index contributed by atoms with van der Waals surface area (Å²) in [6.07, 6.45) is 0.822. The Hall–Kier alpha value is -1.76. The van der Waals surface area contributed by atoms with Crippen LogP contribution in [0.5, 0.6) is 0 Å². The lowest BCUT2D eigenvalue weighted by molar-refractivity contribution is 0.0213. The Balaban J connectivity index is 2.42. The molecule has 6 heteroatoms. The van der Waals surface area contributed by atoms with Gasteiger partial charge in [0.25, 0.3) is 0 Å². The molecule has 0 spiro atoms. The minimum Gasteiger partial charge on any atom is -0.452 e. The maximum atomic E-state index is 12.9. The highest BCUT2D eigenvalue weighted by atomic mass is 79.9. The van der Waals surface area contributed by atoms with Crippen molar-refractivity contribution >= 4 is 32.9 Å². The van der Waals surface area contributed by atoms with Crippen molar-refractivity contribution in [3.05, 3.63) is 82.9 Å². The Labute approximate surface area is 178 Å². The number of esters is 1. The van der Waals surface area contributed by atoms with Crippen LogP contribution < -0.4 is 4.72 Å². The summed E-state index contributed by atoms with van der Waals surface area (Å²) in [7, 11) is -1.39. The van der Waals surface area contributed by atoms with Crippen LogP contribution in [-0.2, 0) is 21.3 Å². The van der Waals surface area contributed by atoms with Gasteiger partial charge in [-0.25, -0.2) is 13.7 Å². The summed E-state index contributed by atoms with van der Waals surface area (Å²) in [4.78, 5) is 12.6. The van der Waals surface area contributed by atoms with Gasteiger partial charge in [0, 0.05) is 4.47 Å². The van der Waals surface area contributed by atoms with Gasteiger partial charge < -0.3 is 4.74 Å². The van der Waals surface area contributed by atoms with E-state index >= 15 is 0 Å². The minimum absolute atomic E-state index is 0.449. The molecule has 0 amide bonds. The van der Waals surface area contributed by atoms with Gasteiger partial charge in [0.2, 0.25) is 0 Å². The molecule has 0 fully saturated rings. The molecule has 0 bridgehead atoms. The van der Waals surface area contributed by atoms with Gasteiger partial charge in [-0.3, -0.25) is 0 Å². The van der Waals surface area contributed by atoms with Crippen LogP contribution in [-0.4, -0.2) is 21.0 Å². The molecule has 28 heavy (non-hydrogen) atoms. The first kappa shape index (κ1) is 22.5. The third-order valence-corrected chi connectivity index (χ3v) is 6.58. The Morgan fingerprint density at radius 3 is 2.18 bits per heavy atom. The molecular weight excluding hydrogens is 438 g/mol. The first-order chi connectivity index (χ1) is 13.1. The molecule has 2 aromatic carbocycles. The van der Waals surface area contributed by atoms with Gasteiger partial charge in [0.05, 0.1) is 26.8 Å². The number of halogens is 1. The second-order valence-electron chi connectivity index (χ2n) is 7.62. The normalized spacial score (nSPS) is 15.9. The van der Waals surface area contributed by atoms with E-state index in [1.807, 2.05) is 58.0 Å². The summed E-state index contributed by atoms with van der Waals surface area (Å²) in [6, 6.07) is 16.4. The molecule has 0 saturated heterocycles. The first-order valence-corrected chi connectivity index (χ1v) is 10.9. The summed E-state index contributed by atoms with van der Waals surface area (Å²) in [6.45, 7) is 11.4. The number of rotatable bonds is 7. The summed E-state index contributed by atoms with van der Waals surface area (Å²) in [5, 5.41) is 0. The number of ether oxygens (including phenoxy) is 1. The van der Waals surface area contributed by atoms with Crippen molar-refractivity contribution in [2.24, 2.45) is 0 Å². The molecule has 2 rings (SSSR count). The Kier molecular flexibility index (Phi) is 7.37. The molecule has 2 aromatic rings. The van der Waals surface area contributed by atoms with Gasteiger partial charge in [-0.05, 0) is 63.6 Å². The quantitative estimate of drug-likeness (QED) is 0.457. The van der Waals surface area contributed by atoms with E-state index < -0.39 is 33.3 Å². The SMILES string of the molecule is C=C[C@H](OC(=O)c1ccccc1)[C@](C)(N[S@](=O)C(C)(C)C)c1ccc(Br)cc1. The van der Waals surface area contributed by atoms with Crippen LogP contribution >= 0.6 is 15.9 Å². The highest BCUT2D eigenvalue weighted by Crippen LogP contribution is 2.31. The lowest BCUT2D eigenvalue weighted by Gasteiger charge is -2.38. The maximum absolute atomic E-state index is 12.9. The Morgan fingerprint density at radius 2 is 1.68 bits per heavy atom. The number of carbonyl (C=O) groups is 1. The molecule has 0 aliphatic heterocycles. The van der Waals surface area contributed by atoms with Crippen molar-refractivity contribution in [3.63, 3.8) is 0 Å². The van der Waals surface area contributed by atoms with E-state index in [1.54, 1.807) is 30.3 Å². The van der Waals surface area contributed by atoms with Crippen molar-refractivity contribution in [1.29, 1.82) is 0 Å². The van der Waals surface area contributed by atoms with Gasteiger partial charge in [-0.1, -0.05) is 52.8 Å². The zero-order chi connectivity index (χ0) is 20.9. The fourth-order valence-electron chi connectivity index (χ4n) is 2.58. The van der Waals surface area contributed by atoms with Crippen LogP contribution in [0.2, 0.25) is 0 Å². The van der Waals surface area contributed by atoms with Gasteiger partial charge in [0.15, 0.2) is 0 Å². The second kappa shape index (κ2) is 9.16. The average molecular weight is 464 g/mol. The van der Waals surface area contributed by atoms with Crippen molar-refractivity contribution in [2.75, 3.05) is 0 Å². The fraction of sp³-hybridized carbons (Fsp3) is 0.318. The molecule has 0 saturated carbocycles. The Bertz CT molecular complexity index is 846. The number of hydrogen-bond donors (Lipinski definition) is 1. The lowest BCUT2D eigenvalue weighted by Crippen LogP contribution is -2.53. The minimum atomic E-state index is -1.39. The molecule has 0 unspecified atom stereocenters. The topological polar surface area (TPSA) is 55.4 Å². The van der Waals surface area contributed by atoms with E-state index in [-0.39, 0.29) is 0 Å². The number of nitrogens with one attached hydrogen (secondary N) is 1. The third kappa shape index (κ3) is 5.40. The van der Waals surface area contributed by atoms with Gasteiger partial charge in [0.1, 0.15) is 6.10 Å². The molecule has 0 aliphatic rings. The van der Waals surface area contributed by atoms with Crippen molar-refractivity contribution in [2.45, 2.75) is 44.1 Å². The highest BCUT2D eigenvalue weighted by molar-refractivity contribution is 9.10. The van der Waals surface area contributed by atoms with Crippen LogP contribution in [0, 0.1) is 0 Å². The molecular formula is C22H26BrNO3S. The van der Waals surface area contributed by atoms with E-state index in [0.717, 1.165) is 10.0 Å². The second-order valence-corrected chi connectivity index (χ2v) is 10.5. The van der Waals surface area contributed by atoms with Crippen LogP contribution in [0.25, 0.3) is 0 Å². The Morgan fingerprint density at radius 1 is 1.11 bits per heavy atom. The molecule has 0 radical (unpaired) electrons. The molecule has 0 heterocycles.